The largest absolute Gasteiger partial charge is 0.447 e. The van der Waals surface area contributed by atoms with Crippen LogP contribution in [0.2, 0.25) is 0 Å². The fraction of sp³-hybridized carbons (Fsp3) is 0.462. The Morgan fingerprint density at radius 2 is 2.06 bits per heavy atom. The Morgan fingerprint density at radius 3 is 2.61 bits per heavy atom. The minimum Gasteiger partial charge on any atom is -0.447 e. The molecule has 0 aromatic heterocycles. The molecule has 1 aromatic carbocycles. The van der Waals surface area contributed by atoms with Crippen LogP contribution in [-0.4, -0.2) is 35.4 Å². The van der Waals surface area contributed by atoms with E-state index < -0.39 is 6.09 Å². The highest BCUT2D eigenvalue weighted by Gasteiger charge is 2.33. The van der Waals surface area contributed by atoms with E-state index in [2.05, 4.69) is 0 Å². The van der Waals surface area contributed by atoms with Crippen molar-refractivity contribution < 1.29 is 19.0 Å². The van der Waals surface area contributed by atoms with E-state index >= 15 is 0 Å². The number of halogens is 1. The van der Waals surface area contributed by atoms with Gasteiger partial charge in [0.2, 0.25) is 0 Å². The van der Waals surface area contributed by atoms with Gasteiger partial charge in [0.05, 0.1) is 6.61 Å². The summed E-state index contributed by atoms with van der Waals surface area (Å²) in [5.41, 5.74) is 0.865. The molecule has 0 spiro atoms. The second-order valence-electron chi connectivity index (χ2n) is 4.32. The molecule has 1 fully saturated rings. The van der Waals surface area contributed by atoms with E-state index in [4.69, 9.17) is 9.84 Å². The molecule has 2 rings (SSSR count). The Balaban J connectivity index is 1.97. The van der Waals surface area contributed by atoms with Gasteiger partial charge in [-0.3, -0.25) is 0 Å². The monoisotopic (exact) mass is 253 g/mol. The maximum absolute atomic E-state index is 12.8. The van der Waals surface area contributed by atoms with E-state index in [-0.39, 0.29) is 25.1 Å². The third-order valence-electron chi connectivity index (χ3n) is 2.81. The number of nitrogens with zero attached hydrogens (tertiary/aromatic N) is 1. The van der Waals surface area contributed by atoms with Crippen molar-refractivity contribution in [3.8, 4) is 0 Å². The molecule has 0 heterocycles. The molecule has 98 valence electrons. The van der Waals surface area contributed by atoms with Crippen molar-refractivity contribution in [3.05, 3.63) is 35.6 Å². The lowest BCUT2D eigenvalue weighted by Gasteiger charge is -2.21. The summed E-state index contributed by atoms with van der Waals surface area (Å²) >= 11 is 0. The van der Waals surface area contributed by atoms with Crippen LogP contribution in [0.5, 0.6) is 0 Å². The van der Waals surface area contributed by atoms with Gasteiger partial charge in [-0.1, -0.05) is 12.1 Å². The van der Waals surface area contributed by atoms with Crippen molar-refractivity contribution in [1.29, 1.82) is 0 Å². The highest BCUT2D eigenvalue weighted by molar-refractivity contribution is 5.68. The average Bonchev–Trinajstić information content (AvgIpc) is 3.19. The van der Waals surface area contributed by atoms with Crippen molar-refractivity contribution in [2.75, 3.05) is 13.2 Å². The van der Waals surface area contributed by atoms with Crippen molar-refractivity contribution in [1.82, 2.24) is 4.90 Å². The average molecular weight is 253 g/mol. The van der Waals surface area contributed by atoms with E-state index in [0.717, 1.165) is 18.4 Å². The molecule has 0 atom stereocenters. The molecule has 5 heteroatoms. The van der Waals surface area contributed by atoms with E-state index in [9.17, 15) is 9.18 Å². The Morgan fingerprint density at radius 1 is 1.39 bits per heavy atom. The summed E-state index contributed by atoms with van der Waals surface area (Å²) < 4.78 is 17.7. The van der Waals surface area contributed by atoms with E-state index in [0.29, 0.717) is 6.54 Å². The number of carbonyl (C=O) groups is 1. The van der Waals surface area contributed by atoms with Gasteiger partial charge in [0, 0.05) is 12.6 Å². The SMILES string of the molecule is O=C(OCCO)N(Cc1ccc(F)cc1)C1CC1. The Bertz CT molecular complexity index is 403. The summed E-state index contributed by atoms with van der Waals surface area (Å²) in [6.07, 6.45) is 1.51. The Kier molecular flexibility index (Phi) is 4.15. The first-order chi connectivity index (χ1) is 8.70. The molecule has 18 heavy (non-hydrogen) atoms. The lowest BCUT2D eigenvalue weighted by atomic mass is 10.2. The van der Waals surface area contributed by atoms with Crippen LogP contribution < -0.4 is 0 Å². The lowest BCUT2D eigenvalue weighted by molar-refractivity contribution is 0.0797. The highest BCUT2D eigenvalue weighted by atomic mass is 19.1. The molecule has 0 radical (unpaired) electrons. The van der Waals surface area contributed by atoms with Crippen LogP contribution in [-0.2, 0) is 11.3 Å². The lowest BCUT2D eigenvalue weighted by Crippen LogP contribution is -2.33. The number of hydrogen-bond donors (Lipinski definition) is 1. The fourth-order valence-corrected chi connectivity index (χ4v) is 1.73. The quantitative estimate of drug-likeness (QED) is 0.872. The Labute approximate surface area is 105 Å². The van der Waals surface area contributed by atoms with Crippen molar-refractivity contribution in [2.45, 2.75) is 25.4 Å². The summed E-state index contributed by atoms with van der Waals surface area (Å²) in [6.45, 7) is 0.238. The van der Waals surface area contributed by atoms with Gasteiger partial charge in [-0.25, -0.2) is 9.18 Å². The van der Waals surface area contributed by atoms with Crippen LogP contribution in [0.1, 0.15) is 18.4 Å². The summed E-state index contributed by atoms with van der Waals surface area (Å²) in [5, 5.41) is 8.63. The fourth-order valence-electron chi connectivity index (χ4n) is 1.73. The Hall–Kier alpha value is -1.62. The predicted molar refractivity (Wildman–Crippen MR) is 63.4 cm³/mol. The normalized spacial score (nSPS) is 14.3. The molecule has 0 bridgehead atoms. The summed E-state index contributed by atoms with van der Waals surface area (Å²) in [6, 6.07) is 6.27. The third-order valence-corrected chi connectivity index (χ3v) is 2.81. The van der Waals surface area contributed by atoms with Crippen LogP contribution >= 0.6 is 0 Å². The molecule has 1 amide bonds. The van der Waals surface area contributed by atoms with Gasteiger partial charge in [0.25, 0.3) is 0 Å². The summed E-state index contributed by atoms with van der Waals surface area (Å²) in [4.78, 5) is 13.4. The van der Waals surface area contributed by atoms with Gasteiger partial charge < -0.3 is 14.7 Å². The van der Waals surface area contributed by atoms with Gasteiger partial charge in [-0.15, -0.1) is 0 Å². The maximum Gasteiger partial charge on any atom is 0.410 e. The summed E-state index contributed by atoms with van der Waals surface area (Å²) in [5.74, 6) is -0.292. The van der Waals surface area contributed by atoms with Crippen molar-refractivity contribution >= 4 is 6.09 Å². The molecule has 1 aliphatic carbocycles. The number of rotatable bonds is 5. The van der Waals surface area contributed by atoms with E-state index in [1.807, 2.05) is 0 Å². The second kappa shape index (κ2) is 5.82. The van der Waals surface area contributed by atoms with Crippen LogP contribution in [0.4, 0.5) is 9.18 Å². The molecule has 1 aromatic rings. The number of ether oxygens (including phenoxy) is 1. The van der Waals surface area contributed by atoms with Gasteiger partial charge in [-0.05, 0) is 30.5 Å². The van der Waals surface area contributed by atoms with E-state index in [1.165, 1.54) is 12.1 Å². The number of carbonyl (C=O) groups excluding carboxylic acids is 1. The molecule has 1 aliphatic rings. The number of aliphatic hydroxyl groups excluding tert-OH is 1. The number of hydrogen-bond acceptors (Lipinski definition) is 3. The van der Waals surface area contributed by atoms with Crippen LogP contribution in [0.15, 0.2) is 24.3 Å². The van der Waals surface area contributed by atoms with Crippen molar-refractivity contribution in [3.63, 3.8) is 0 Å². The molecule has 4 nitrogen and oxygen atoms in total. The number of benzene rings is 1. The van der Waals surface area contributed by atoms with Gasteiger partial charge in [0.1, 0.15) is 12.4 Å². The zero-order chi connectivity index (χ0) is 13.0. The van der Waals surface area contributed by atoms with E-state index in [1.54, 1.807) is 17.0 Å². The summed E-state index contributed by atoms with van der Waals surface area (Å²) in [7, 11) is 0. The number of amides is 1. The van der Waals surface area contributed by atoms with Gasteiger partial charge >= 0.3 is 6.09 Å². The molecule has 1 N–H and O–H groups in total. The minimum atomic E-state index is -0.420. The van der Waals surface area contributed by atoms with Crippen LogP contribution in [0.25, 0.3) is 0 Å². The highest BCUT2D eigenvalue weighted by Crippen LogP contribution is 2.29. The van der Waals surface area contributed by atoms with Crippen LogP contribution in [0, 0.1) is 5.82 Å². The third kappa shape index (κ3) is 3.43. The molecule has 1 saturated carbocycles. The first kappa shape index (κ1) is 12.8. The zero-order valence-electron chi connectivity index (χ0n) is 10.0. The second-order valence-corrected chi connectivity index (χ2v) is 4.32. The maximum atomic E-state index is 12.8. The molecule has 0 unspecified atom stereocenters. The van der Waals surface area contributed by atoms with Gasteiger partial charge in [-0.2, -0.15) is 0 Å². The van der Waals surface area contributed by atoms with Gasteiger partial charge in [0.15, 0.2) is 0 Å². The molecule has 0 aliphatic heterocycles. The first-order valence-electron chi connectivity index (χ1n) is 5.99. The molecular weight excluding hydrogens is 237 g/mol. The topological polar surface area (TPSA) is 49.8 Å². The standard InChI is InChI=1S/C13H16FNO3/c14-11-3-1-10(2-4-11)9-15(12-5-6-12)13(17)18-8-7-16/h1-4,12,16H,5-9H2. The van der Waals surface area contributed by atoms with Crippen LogP contribution in [0.3, 0.4) is 0 Å². The predicted octanol–water partition coefficient (Wildman–Crippen LogP) is 1.92. The molecule has 0 saturated heterocycles. The minimum absolute atomic E-state index is 0.00543. The smallest absolute Gasteiger partial charge is 0.410 e. The molecular formula is C13H16FNO3. The first-order valence-corrected chi connectivity index (χ1v) is 5.99. The number of aliphatic hydroxyl groups is 1. The van der Waals surface area contributed by atoms with Crippen molar-refractivity contribution in [2.24, 2.45) is 0 Å². The zero-order valence-corrected chi connectivity index (χ0v) is 10.0.